The highest BCUT2D eigenvalue weighted by Crippen LogP contribution is 2.47. The third-order valence-electron chi connectivity index (χ3n) is 8.48. The largest absolute Gasteiger partial charge is 0.512 e. The van der Waals surface area contributed by atoms with Gasteiger partial charge < -0.3 is 15.6 Å². The number of benzene rings is 3. The number of carbonyl (C=O) groups excluding carboxylic acids is 1. The molecule has 0 saturated heterocycles. The zero-order valence-electron chi connectivity index (χ0n) is 26.4. The van der Waals surface area contributed by atoms with Crippen molar-refractivity contribution in [2.45, 2.75) is 69.3 Å². The first kappa shape index (κ1) is 32.8. The summed E-state index contributed by atoms with van der Waals surface area (Å²) in [7, 11) is -4.01. The maximum atomic E-state index is 14.1. The molecular weight excluding hydrogens is 598 g/mol. The van der Waals surface area contributed by atoms with E-state index in [1.165, 1.54) is 18.5 Å². The molecule has 1 aromatic heterocycles. The van der Waals surface area contributed by atoms with E-state index in [2.05, 4.69) is 34.0 Å². The molecule has 0 spiro atoms. The van der Waals surface area contributed by atoms with E-state index in [0.29, 0.717) is 36.9 Å². The number of rotatable bonds is 11. The van der Waals surface area contributed by atoms with Crippen LogP contribution in [-0.2, 0) is 32.4 Å². The van der Waals surface area contributed by atoms with Gasteiger partial charge in [0, 0.05) is 24.2 Å². The second kappa shape index (κ2) is 13.4. The van der Waals surface area contributed by atoms with Gasteiger partial charge in [-0.1, -0.05) is 93.6 Å². The first-order chi connectivity index (χ1) is 21.9. The van der Waals surface area contributed by atoms with Crippen molar-refractivity contribution in [1.29, 1.82) is 0 Å². The van der Waals surface area contributed by atoms with Crippen LogP contribution in [0.4, 0.5) is 11.4 Å². The monoisotopic (exact) mass is 639 g/mol. The van der Waals surface area contributed by atoms with Crippen molar-refractivity contribution < 1.29 is 23.1 Å². The number of cyclic esters (lactones) is 1. The van der Waals surface area contributed by atoms with Gasteiger partial charge >= 0.3 is 5.97 Å². The number of hydrogen-bond donors (Lipinski definition) is 3. The Labute approximate surface area is 271 Å². The third-order valence-corrected chi connectivity index (χ3v) is 9.94. The number of aliphatic hydroxyl groups is 1. The number of nitrogens with two attached hydrogens (primary N) is 1. The van der Waals surface area contributed by atoms with Gasteiger partial charge in [-0.3, -0.25) is 9.71 Å². The number of ether oxygens (including phenoxy) is 1. The summed E-state index contributed by atoms with van der Waals surface area (Å²) in [5.41, 5.74) is 7.91. The van der Waals surface area contributed by atoms with Crippen LogP contribution in [0.25, 0.3) is 0 Å². The average Bonchev–Trinajstić information content (AvgIpc) is 3.01. The Morgan fingerprint density at radius 1 is 0.935 bits per heavy atom. The van der Waals surface area contributed by atoms with Gasteiger partial charge in [-0.2, -0.15) is 0 Å². The Kier molecular flexibility index (Phi) is 9.53. The van der Waals surface area contributed by atoms with Crippen molar-refractivity contribution >= 4 is 27.4 Å². The Morgan fingerprint density at radius 3 is 2.09 bits per heavy atom. The molecular formula is C37H41N3O5S. The van der Waals surface area contributed by atoms with E-state index in [0.717, 1.165) is 11.1 Å². The topological polar surface area (TPSA) is 132 Å². The Bertz CT molecular complexity index is 1770. The Hall–Kier alpha value is -4.63. The van der Waals surface area contributed by atoms with Crippen LogP contribution in [0.3, 0.4) is 0 Å². The number of pyridine rings is 1. The summed E-state index contributed by atoms with van der Waals surface area (Å²) in [5, 5.41) is 11.7. The van der Waals surface area contributed by atoms with Crippen LogP contribution in [0.5, 0.6) is 0 Å². The number of carbonyl (C=O) groups is 1. The lowest BCUT2D eigenvalue weighted by Gasteiger charge is -2.41. The summed E-state index contributed by atoms with van der Waals surface area (Å²) < 4.78 is 35.3. The number of aromatic nitrogens is 1. The maximum Gasteiger partial charge on any atom is 0.338 e. The van der Waals surface area contributed by atoms with Crippen molar-refractivity contribution in [3.63, 3.8) is 0 Å². The van der Waals surface area contributed by atoms with Crippen LogP contribution in [0.15, 0.2) is 120 Å². The minimum absolute atomic E-state index is 0.00726. The summed E-state index contributed by atoms with van der Waals surface area (Å²) >= 11 is 0. The number of nitrogens with zero attached hydrogens (tertiary/aromatic N) is 1. The second-order valence-electron chi connectivity index (χ2n) is 13.0. The number of nitrogen functional groups attached to an aromatic ring is 1. The van der Waals surface area contributed by atoms with Crippen molar-refractivity contribution in [2.75, 3.05) is 10.5 Å². The quantitative estimate of drug-likeness (QED) is 0.146. The first-order valence-corrected chi connectivity index (χ1v) is 16.9. The molecule has 0 fully saturated rings. The fourth-order valence-corrected chi connectivity index (χ4v) is 7.41. The summed E-state index contributed by atoms with van der Waals surface area (Å²) in [4.78, 5) is 17.9. The number of anilines is 2. The highest BCUT2D eigenvalue weighted by molar-refractivity contribution is 7.92. The molecule has 1 aliphatic rings. The molecule has 0 radical (unpaired) electrons. The minimum atomic E-state index is -4.01. The van der Waals surface area contributed by atoms with E-state index in [4.69, 9.17) is 10.5 Å². The molecule has 8 nitrogen and oxygen atoms in total. The van der Waals surface area contributed by atoms with Gasteiger partial charge in [0.1, 0.15) is 16.3 Å². The van der Waals surface area contributed by atoms with Gasteiger partial charge in [0.15, 0.2) is 0 Å². The summed E-state index contributed by atoms with van der Waals surface area (Å²) in [5.74, 6) is -1.13. The van der Waals surface area contributed by atoms with Crippen molar-refractivity contribution in [3.8, 4) is 0 Å². The first-order valence-electron chi connectivity index (χ1n) is 15.4. The lowest BCUT2D eigenvalue weighted by atomic mass is 9.70. The molecule has 0 bridgehead atoms. The Morgan fingerprint density at radius 2 is 1.54 bits per heavy atom. The van der Waals surface area contributed by atoms with Gasteiger partial charge in [-0.15, -0.1) is 0 Å². The zero-order valence-corrected chi connectivity index (χ0v) is 27.3. The van der Waals surface area contributed by atoms with Crippen LogP contribution >= 0.6 is 0 Å². The maximum absolute atomic E-state index is 14.1. The highest BCUT2D eigenvalue weighted by atomic mass is 32.2. The predicted octanol–water partition coefficient (Wildman–Crippen LogP) is 7.36. The van der Waals surface area contributed by atoms with Crippen LogP contribution in [-0.4, -0.2) is 30.1 Å². The normalized spacial score (nSPS) is 15.7. The molecule has 46 heavy (non-hydrogen) atoms. The number of nitrogens with one attached hydrogen (secondary N) is 1. The van der Waals surface area contributed by atoms with Crippen molar-refractivity contribution in [1.82, 2.24) is 4.98 Å². The fourth-order valence-electron chi connectivity index (χ4n) is 6.26. The summed E-state index contributed by atoms with van der Waals surface area (Å²) in [6.07, 6.45) is 5.33. The van der Waals surface area contributed by atoms with E-state index in [-0.39, 0.29) is 28.3 Å². The molecule has 1 aliphatic heterocycles. The van der Waals surface area contributed by atoms with Gasteiger partial charge in [0.2, 0.25) is 0 Å². The predicted molar refractivity (Wildman–Crippen MR) is 181 cm³/mol. The SMILES string of the molecule is CC(C)(C)[C@H](C1=C(O)CC(CCc2ccccc2)(CCc2ccccc2)OC1=O)c1cccc(NS(=O)(=O)c2ccncc2N)c1. The van der Waals surface area contributed by atoms with Crippen LogP contribution < -0.4 is 10.5 Å². The van der Waals surface area contributed by atoms with Gasteiger partial charge in [0.05, 0.1) is 17.5 Å². The van der Waals surface area contributed by atoms with Crippen LogP contribution in [0, 0.1) is 5.41 Å². The summed E-state index contributed by atoms with van der Waals surface area (Å²) in [6, 6.07) is 28.3. The van der Waals surface area contributed by atoms with E-state index in [1.54, 1.807) is 18.2 Å². The lowest BCUT2D eigenvalue weighted by Crippen LogP contribution is -2.43. The molecule has 4 N–H and O–H groups in total. The van der Waals surface area contributed by atoms with Gasteiger partial charge in [-0.25, -0.2) is 13.2 Å². The number of aryl methyl sites for hydroxylation is 2. The molecule has 0 unspecified atom stereocenters. The zero-order chi connectivity index (χ0) is 33.0. The molecule has 3 aromatic carbocycles. The molecule has 0 saturated carbocycles. The summed E-state index contributed by atoms with van der Waals surface area (Å²) in [6.45, 7) is 5.94. The molecule has 0 amide bonds. The highest BCUT2D eigenvalue weighted by Gasteiger charge is 2.46. The lowest BCUT2D eigenvalue weighted by molar-refractivity contribution is -0.161. The molecule has 9 heteroatoms. The average molecular weight is 640 g/mol. The molecule has 4 aromatic rings. The van der Waals surface area contributed by atoms with Gasteiger partial charge in [-0.05, 0) is 66.0 Å². The molecule has 2 heterocycles. The van der Waals surface area contributed by atoms with Crippen LogP contribution in [0.1, 0.15) is 62.6 Å². The Balaban J connectivity index is 1.48. The van der Waals surface area contributed by atoms with E-state index in [1.807, 2.05) is 63.2 Å². The van der Waals surface area contributed by atoms with Crippen molar-refractivity contribution in [2.24, 2.45) is 5.41 Å². The van der Waals surface area contributed by atoms with Crippen LogP contribution in [0.2, 0.25) is 0 Å². The number of aliphatic hydroxyl groups excluding tert-OH is 1. The fraction of sp³-hybridized carbons (Fsp3) is 0.297. The molecule has 240 valence electrons. The minimum Gasteiger partial charge on any atom is -0.512 e. The molecule has 0 aliphatic carbocycles. The van der Waals surface area contributed by atoms with E-state index < -0.39 is 32.9 Å². The second-order valence-corrected chi connectivity index (χ2v) is 14.7. The number of hydrogen-bond acceptors (Lipinski definition) is 7. The molecule has 1 atom stereocenters. The van der Waals surface area contributed by atoms with E-state index >= 15 is 0 Å². The number of esters is 1. The van der Waals surface area contributed by atoms with E-state index in [9.17, 15) is 18.3 Å². The van der Waals surface area contributed by atoms with Crippen molar-refractivity contribution in [3.05, 3.63) is 131 Å². The van der Waals surface area contributed by atoms with Gasteiger partial charge in [0.25, 0.3) is 10.0 Å². The molecule has 5 rings (SSSR count). The standard InChI is InChI=1S/C37H41N3O5S/c1-36(2,3)34(28-15-10-16-29(23-28)40-46(43,44)32-19-22-39-25-30(32)38)33-31(41)24-37(45-35(33)42,20-17-26-11-6-4-7-12-26)21-18-27-13-8-5-9-14-27/h4-16,19,22-23,25,34,40-41H,17-18,20-21,24,38H2,1-3H3/t34-/m0/s1. The smallest absolute Gasteiger partial charge is 0.338 e. The third kappa shape index (κ3) is 7.59. The number of sulfonamides is 1.